The highest BCUT2D eigenvalue weighted by molar-refractivity contribution is 7.93. The Hall–Kier alpha value is -0.970. The predicted molar refractivity (Wildman–Crippen MR) is 50.9 cm³/mol. The van der Waals surface area contributed by atoms with E-state index in [9.17, 15) is 8.60 Å². The maximum Gasteiger partial charge on any atom is 0.212 e. The van der Waals surface area contributed by atoms with Crippen LogP contribution < -0.4 is 0 Å². The quantitative estimate of drug-likeness (QED) is 0.688. The van der Waals surface area contributed by atoms with Crippen LogP contribution in [0.4, 0.5) is 10.1 Å². The van der Waals surface area contributed by atoms with Crippen molar-refractivity contribution in [1.82, 2.24) is 4.98 Å². The van der Waals surface area contributed by atoms with Crippen LogP contribution in [0.5, 0.6) is 0 Å². The Balaban J connectivity index is 3.06. The summed E-state index contributed by atoms with van der Waals surface area (Å²) in [4.78, 5) is 3.41. The fourth-order valence-electron chi connectivity index (χ4n) is 0.710. The van der Waals surface area contributed by atoms with Crippen molar-refractivity contribution in [3.05, 3.63) is 24.3 Å². The van der Waals surface area contributed by atoms with Gasteiger partial charge in [0, 0.05) is 21.7 Å². The van der Waals surface area contributed by atoms with Gasteiger partial charge < -0.3 is 0 Å². The first-order chi connectivity index (χ1) is 6.03. The summed E-state index contributed by atoms with van der Waals surface area (Å²) in [6.45, 7) is 1.79. The Morgan fingerprint density at radius 3 is 2.77 bits per heavy atom. The Kier molecular flexibility index (Phi) is 2.98. The fourth-order valence-corrected chi connectivity index (χ4v) is 1.39. The highest BCUT2D eigenvalue weighted by atomic mass is 32.2. The lowest BCUT2D eigenvalue weighted by Gasteiger charge is -1.98. The number of rotatable bonds is 2. The standard InChI is InChI=1S/C8H11FN2OS/c1-3-13(2,12)11-7-4-5-8(9)10-6-7/h4-6H,3H2,1-2H3/t13-/m1/s1. The van der Waals surface area contributed by atoms with Crippen LogP contribution >= 0.6 is 0 Å². The first-order valence-corrected chi connectivity index (χ1v) is 5.94. The molecule has 13 heavy (non-hydrogen) atoms. The van der Waals surface area contributed by atoms with Gasteiger partial charge >= 0.3 is 0 Å². The fraction of sp³-hybridized carbons (Fsp3) is 0.375. The molecule has 3 nitrogen and oxygen atoms in total. The molecule has 0 unspecified atom stereocenters. The molecule has 1 aromatic heterocycles. The summed E-state index contributed by atoms with van der Waals surface area (Å²) < 4.78 is 27.8. The van der Waals surface area contributed by atoms with Crippen LogP contribution in [0.2, 0.25) is 0 Å². The van der Waals surface area contributed by atoms with E-state index in [1.165, 1.54) is 18.3 Å². The molecule has 0 amide bonds. The molecule has 0 fully saturated rings. The molecular weight excluding hydrogens is 191 g/mol. The average molecular weight is 202 g/mol. The van der Waals surface area contributed by atoms with Gasteiger partial charge in [-0.1, -0.05) is 6.92 Å². The van der Waals surface area contributed by atoms with Gasteiger partial charge in [0.2, 0.25) is 5.95 Å². The number of pyridine rings is 1. The van der Waals surface area contributed by atoms with E-state index in [1.54, 1.807) is 13.2 Å². The minimum absolute atomic E-state index is 0.454. The molecule has 1 atom stereocenters. The van der Waals surface area contributed by atoms with Crippen molar-refractivity contribution in [3.63, 3.8) is 0 Å². The third kappa shape index (κ3) is 3.10. The molecule has 0 saturated heterocycles. The minimum Gasteiger partial charge on any atom is -0.250 e. The van der Waals surface area contributed by atoms with Gasteiger partial charge in [-0.3, -0.25) is 0 Å². The molecule has 1 heterocycles. The van der Waals surface area contributed by atoms with E-state index in [-0.39, 0.29) is 0 Å². The van der Waals surface area contributed by atoms with E-state index in [1.807, 2.05) is 0 Å². The molecule has 0 aliphatic carbocycles. The van der Waals surface area contributed by atoms with Gasteiger partial charge in [-0.15, -0.1) is 0 Å². The molecule has 72 valence electrons. The van der Waals surface area contributed by atoms with Gasteiger partial charge in [0.25, 0.3) is 0 Å². The van der Waals surface area contributed by atoms with Crippen molar-refractivity contribution in [2.45, 2.75) is 6.92 Å². The summed E-state index contributed by atoms with van der Waals surface area (Å²) in [7, 11) is -2.17. The summed E-state index contributed by atoms with van der Waals surface area (Å²) >= 11 is 0. The average Bonchev–Trinajstić information content (AvgIpc) is 2.09. The number of aromatic nitrogens is 1. The third-order valence-electron chi connectivity index (χ3n) is 1.55. The molecule has 1 aromatic rings. The lowest BCUT2D eigenvalue weighted by Crippen LogP contribution is -1.97. The van der Waals surface area contributed by atoms with E-state index in [2.05, 4.69) is 9.35 Å². The molecule has 5 heteroatoms. The Morgan fingerprint density at radius 1 is 1.62 bits per heavy atom. The number of hydrogen-bond donors (Lipinski definition) is 0. The van der Waals surface area contributed by atoms with Gasteiger partial charge in [0.1, 0.15) is 0 Å². The van der Waals surface area contributed by atoms with Crippen molar-refractivity contribution in [2.75, 3.05) is 12.0 Å². The predicted octanol–water partition coefficient (Wildman–Crippen LogP) is 1.97. The van der Waals surface area contributed by atoms with E-state index >= 15 is 0 Å². The van der Waals surface area contributed by atoms with Gasteiger partial charge in [-0.2, -0.15) is 8.75 Å². The van der Waals surface area contributed by atoms with Crippen LogP contribution in [0, 0.1) is 5.95 Å². The highest BCUT2D eigenvalue weighted by Crippen LogP contribution is 2.12. The van der Waals surface area contributed by atoms with Crippen molar-refractivity contribution in [3.8, 4) is 0 Å². The SMILES string of the molecule is CC[S@@](C)(=O)=Nc1ccc(F)nc1. The molecule has 0 aliphatic rings. The number of hydrogen-bond acceptors (Lipinski definition) is 3. The summed E-state index contributed by atoms with van der Waals surface area (Å²) in [5.41, 5.74) is 0.454. The lowest BCUT2D eigenvalue weighted by molar-refractivity contribution is 0.584. The van der Waals surface area contributed by atoms with E-state index < -0.39 is 15.7 Å². The zero-order valence-corrected chi connectivity index (χ0v) is 8.34. The van der Waals surface area contributed by atoms with E-state index in [4.69, 9.17) is 0 Å². The molecule has 0 spiro atoms. The lowest BCUT2D eigenvalue weighted by atomic mass is 10.4. The monoisotopic (exact) mass is 202 g/mol. The van der Waals surface area contributed by atoms with Crippen molar-refractivity contribution in [1.29, 1.82) is 0 Å². The Morgan fingerprint density at radius 2 is 2.31 bits per heavy atom. The summed E-state index contributed by atoms with van der Waals surface area (Å²) in [6.07, 6.45) is 2.84. The molecule has 0 N–H and O–H groups in total. The summed E-state index contributed by atoms with van der Waals surface area (Å²) in [6, 6.07) is 2.66. The molecule has 0 aliphatic heterocycles. The van der Waals surface area contributed by atoms with Crippen LogP contribution in [0.3, 0.4) is 0 Å². The normalized spacial score (nSPS) is 15.0. The minimum atomic E-state index is -2.17. The topological polar surface area (TPSA) is 42.3 Å². The van der Waals surface area contributed by atoms with E-state index in [0.717, 1.165) is 0 Å². The number of halogens is 1. The summed E-state index contributed by atoms with van der Waals surface area (Å²) in [5, 5.41) is 0. The molecule has 1 rings (SSSR count). The van der Waals surface area contributed by atoms with E-state index in [0.29, 0.717) is 11.4 Å². The molecule has 0 radical (unpaired) electrons. The second-order valence-electron chi connectivity index (χ2n) is 2.68. The Bertz CT molecular complexity index is 393. The number of nitrogens with zero attached hydrogens (tertiary/aromatic N) is 2. The largest absolute Gasteiger partial charge is 0.250 e. The maximum absolute atomic E-state index is 12.4. The van der Waals surface area contributed by atoms with Crippen molar-refractivity contribution in [2.24, 2.45) is 4.36 Å². The highest BCUT2D eigenvalue weighted by Gasteiger charge is 1.98. The summed E-state index contributed by atoms with van der Waals surface area (Å²) in [5.74, 6) is -0.0808. The second-order valence-corrected chi connectivity index (χ2v) is 5.36. The molecule has 0 aromatic carbocycles. The smallest absolute Gasteiger partial charge is 0.212 e. The first-order valence-electron chi connectivity index (χ1n) is 3.85. The van der Waals surface area contributed by atoms with Crippen LogP contribution in [0.1, 0.15) is 6.92 Å². The maximum atomic E-state index is 12.4. The van der Waals surface area contributed by atoms with Gasteiger partial charge in [0.15, 0.2) is 0 Å². The molecule has 0 bridgehead atoms. The first kappa shape index (κ1) is 10.1. The van der Waals surface area contributed by atoms with Gasteiger partial charge in [-0.05, 0) is 12.1 Å². The molecular formula is C8H11FN2OS. The zero-order chi connectivity index (χ0) is 9.90. The van der Waals surface area contributed by atoms with Crippen LogP contribution in [0.15, 0.2) is 22.7 Å². The van der Waals surface area contributed by atoms with Gasteiger partial charge in [0.05, 0.1) is 11.9 Å². The van der Waals surface area contributed by atoms with Crippen molar-refractivity contribution < 1.29 is 8.60 Å². The second kappa shape index (κ2) is 3.83. The van der Waals surface area contributed by atoms with Crippen LogP contribution in [0.25, 0.3) is 0 Å². The van der Waals surface area contributed by atoms with Crippen molar-refractivity contribution >= 4 is 15.4 Å². The zero-order valence-electron chi connectivity index (χ0n) is 7.53. The van der Waals surface area contributed by atoms with Crippen LogP contribution in [-0.4, -0.2) is 21.2 Å². The molecule has 0 saturated carbocycles. The van der Waals surface area contributed by atoms with Crippen LogP contribution in [-0.2, 0) is 9.73 Å². The Labute approximate surface area is 77.2 Å². The van der Waals surface area contributed by atoms with Gasteiger partial charge in [-0.25, -0.2) is 9.19 Å². The third-order valence-corrected chi connectivity index (χ3v) is 3.21.